The quantitative estimate of drug-likeness (QED) is 0.556. The van der Waals surface area contributed by atoms with Gasteiger partial charge in [-0.2, -0.15) is 0 Å². The topological polar surface area (TPSA) is 18.5 Å². The second-order valence-corrected chi connectivity index (χ2v) is 2.99. The minimum absolute atomic E-state index is 0.00468. The molecule has 0 aromatic heterocycles. The Kier molecular flexibility index (Phi) is 6.57. The fourth-order valence-corrected chi connectivity index (χ4v) is 0.916. The van der Waals surface area contributed by atoms with Crippen LogP contribution in [0.1, 0.15) is 40.0 Å². The first kappa shape index (κ1) is 10.9. The first-order valence-electron chi connectivity index (χ1n) is 4.39. The highest BCUT2D eigenvalue weighted by atomic mass is 16.7. The summed E-state index contributed by atoms with van der Waals surface area (Å²) in [6.45, 7) is 6.22. The standard InChI is InChI=1S/C9H20O2/c1-5-6-7-9(10-4)11-8(2)3/h8-9H,5-7H2,1-4H3. The summed E-state index contributed by atoms with van der Waals surface area (Å²) in [5.74, 6) is 0. The molecule has 0 aliphatic heterocycles. The Bertz CT molecular complexity index is 81.6. The summed E-state index contributed by atoms with van der Waals surface area (Å²) in [6, 6.07) is 0. The van der Waals surface area contributed by atoms with Crippen LogP contribution in [-0.4, -0.2) is 19.5 Å². The van der Waals surface area contributed by atoms with E-state index in [9.17, 15) is 0 Å². The number of unbranched alkanes of at least 4 members (excludes halogenated alkanes) is 1. The zero-order chi connectivity index (χ0) is 8.69. The van der Waals surface area contributed by atoms with Crippen LogP contribution in [0.25, 0.3) is 0 Å². The van der Waals surface area contributed by atoms with Crippen molar-refractivity contribution in [1.29, 1.82) is 0 Å². The number of hydrogen-bond donors (Lipinski definition) is 0. The fourth-order valence-electron chi connectivity index (χ4n) is 0.916. The van der Waals surface area contributed by atoms with Gasteiger partial charge in [0.1, 0.15) is 0 Å². The van der Waals surface area contributed by atoms with Crippen LogP contribution in [-0.2, 0) is 9.47 Å². The number of hydrogen-bond acceptors (Lipinski definition) is 2. The Labute approximate surface area is 69.9 Å². The third-order valence-electron chi connectivity index (χ3n) is 1.48. The van der Waals surface area contributed by atoms with Crippen LogP contribution in [0.5, 0.6) is 0 Å². The summed E-state index contributed by atoms with van der Waals surface area (Å²) < 4.78 is 10.6. The molecule has 0 amide bonds. The van der Waals surface area contributed by atoms with Crippen molar-refractivity contribution in [2.75, 3.05) is 7.11 Å². The lowest BCUT2D eigenvalue weighted by atomic mass is 10.2. The van der Waals surface area contributed by atoms with Crippen molar-refractivity contribution in [1.82, 2.24) is 0 Å². The van der Waals surface area contributed by atoms with Gasteiger partial charge >= 0.3 is 0 Å². The molecule has 1 atom stereocenters. The number of rotatable bonds is 6. The van der Waals surface area contributed by atoms with E-state index in [-0.39, 0.29) is 12.4 Å². The SMILES string of the molecule is CCCCC(OC)OC(C)C. The van der Waals surface area contributed by atoms with E-state index >= 15 is 0 Å². The minimum atomic E-state index is -0.00468. The molecule has 0 N–H and O–H groups in total. The maximum absolute atomic E-state index is 5.48. The van der Waals surface area contributed by atoms with Crippen LogP contribution in [0.2, 0.25) is 0 Å². The molecule has 0 aromatic carbocycles. The van der Waals surface area contributed by atoms with Gasteiger partial charge in [0.25, 0.3) is 0 Å². The predicted molar refractivity (Wildman–Crippen MR) is 46.5 cm³/mol. The Morgan fingerprint density at radius 1 is 1.27 bits per heavy atom. The molecule has 0 rings (SSSR count). The lowest BCUT2D eigenvalue weighted by Crippen LogP contribution is -2.19. The molecule has 1 unspecified atom stereocenters. The van der Waals surface area contributed by atoms with Crippen molar-refractivity contribution < 1.29 is 9.47 Å². The summed E-state index contributed by atoms with van der Waals surface area (Å²) >= 11 is 0. The lowest BCUT2D eigenvalue weighted by Gasteiger charge is -2.18. The molecule has 68 valence electrons. The van der Waals surface area contributed by atoms with Crippen molar-refractivity contribution in [3.63, 3.8) is 0 Å². The zero-order valence-electron chi connectivity index (χ0n) is 8.09. The largest absolute Gasteiger partial charge is 0.356 e. The summed E-state index contributed by atoms with van der Waals surface area (Å²) in [7, 11) is 1.70. The normalized spacial score (nSPS) is 13.9. The number of ether oxygens (including phenoxy) is 2. The molecule has 11 heavy (non-hydrogen) atoms. The van der Waals surface area contributed by atoms with Crippen LogP contribution in [0.4, 0.5) is 0 Å². The third-order valence-corrected chi connectivity index (χ3v) is 1.48. The lowest BCUT2D eigenvalue weighted by molar-refractivity contribution is -0.150. The summed E-state index contributed by atoms with van der Waals surface area (Å²) in [6.07, 6.45) is 3.63. The van der Waals surface area contributed by atoms with E-state index in [0.29, 0.717) is 0 Å². The number of methoxy groups -OCH3 is 1. The highest BCUT2D eigenvalue weighted by Gasteiger charge is 2.07. The van der Waals surface area contributed by atoms with Crippen LogP contribution in [0.3, 0.4) is 0 Å². The van der Waals surface area contributed by atoms with Crippen molar-refractivity contribution >= 4 is 0 Å². The summed E-state index contributed by atoms with van der Waals surface area (Å²) in [5.41, 5.74) is 0. The van der Waals surface area contributed by atoms with Crippen molar-refractivity contribution in [2.24, 2.45) is 0 Å². The van der Waals surface area contributed by atoms with E-state index in [2.05, 4.69) is 6.92 Å². The average Bonchev–Trinajstić information content (AvgIpc) is 1.97. The van der Waals surface area contributed by atoms with Crippen molar-refractivity contribution in [3.05, 3.63) is 0 Å². The molecule has 2 heteroatoms. The molecule has 0 spiro atoms. The molecular weight excluding hydrogens is 140 g/mol. The molecule has 2 nitrogen and oxygen atoms in total. The second kappa shape index (κ2) is 6.62. The van der Waals surface area contributed by atoms with Gasteiger partial charge in [-0.05, 0) is 26.7 Å². The molecule has 0 fully saturated rings. The second-order valence-electron chi connectivity index (χ2n) is 2.99. The highest BCUT2D eigenvalue weighted by Crippen LogP contribution is 2.07. The van der Waals surface area contributed by atoms with Gasteiger partial charge in [-0.15, -0.1) is 0 Å². The Morgan fingerprint density at radius 3 is 2.27 bits per heavy atom. The third kappa shape index (κ3) is 6.32. The fraction of sp³-hybridized carbons (Fsp3) is 1.00. The molecule has 0 heterocycles. The Hall–Kier alpha value is -0.0800. The molecule has 0 aliphatic rings. The Balaban J connectivity index is 3.41. The van der Waals surface area contributed by atoms with Gasteiger partial charge in [0.2, 0.25) is 0 Å². The van der Waals surface area contributed by atoms with Gasteiger partial charge in [0.15, 0.2) is 6.29 Å². The van der Waals surface area contributed by atoms with E-state index in [1.54, 1.807) is 7.11 Å². The van der Waals surface area contributed by atoms with Gasteiger partial charge in [-0.3, -0.25) is 0 Å². The van der Waals surface area contributed by atoms with Crippen LogP contribution in [0, 0.1) is 0 Å². The molecule has 0 saturated heterocycles. The van der Waals surface area contributed by atoms with Gasteiger partial charge in [0, 0.05) is 7.11 Å². The van der Waals surface area contributed by atoms with E-state index in [1.807, 2.05) is 13.8 Å². The van der Waals surface area contributed by atoms with Crippen molar-refractivity contribution in [3.8, 4) is 0 Å². The van der Waals surface area contributed by atoms with Crippen LogP contribution < -0.4 is 0 Å². The van der Waals surface area contributed by atoms with Crippen molar-refractivity contribution in [2.45, 2.75) is 52.4 Å². The van der Waals surface area contributed by atoms with Gasteiger partial charge < -0.3 is 9.47 Å². The smallest absolute Gasteiger partial charge is 0.157 e. The van der Waals surface area contributed by atoms with Gasteiger partial charge in [0.05, 0.1) is 6.10 Å². The first-order chi connectivity index (χ1) is 5.20. The summed E-state index contributed by atoms with van der Waals surface area (Å²) in [4.78, 5) is 0. The summed E-state index contributed by atoms with van der Waals surface area (Å²) in [5, 5.41) is 0. The molecular formula is C9H20O2. The van der Waals surface area contributed by atoms with Crippen LogP contribution >= 0.6 is 0 Å². The van der Waals surface area contributed by atoms with E-state index in [0.717, 1.165) is 6.42 Å². The maximum atomic E-state index is 5.48. The molecule has 0 radical (unpaired) electrons. The van der Waals surface area contributed by atoms with E-state index in [4.69, 9.17) is 9.47 Å². The molecule has 0 aromatic rings. The van der Waals surface area contributed by atoms with E-state index < -0.39 is 0 Å². The van der Waals surface area contributed by atoms with Gasteiger partial charge in [-0.1, -0.05) is 13.3 Å². The first-order valence-corrected chi connectivity index (χ1v) is 4.39. The zero-order valence-corrected chi connectivity index (χ0v) is 8.09. The molecule has 0 bridgehead atoms. The highest BCUT2D eigenvalue weighted by molar-refractivity contribution is 4.47. The maximum Gasteiger partial charge on any atom is 0.157 e. The monoisotopic (exact) mass is 160 g/mol. The minimum Gasteiger partial charge on any atom is -0.356 e. The Morgan fingerprint density at radius 2 is 1.91 bits per heavy atom. The van der Waals surface area contributed by atoms with Gasteiger partial charge in [-0.25, -0.2) is 0 Å². The average molecular weight is 160 g/mol. The molecule has 0 aliphatic carbocycles. The van der Waals surface area contributed by atoms with E-state index in [1.165, 1.54) is 12.8 Å². The molecule has 0 saturated carbocycles. The predicted octanol–water partition coefficient (Wildman–Crippen LogP) is 2.57. The van der Waals surface area contributed by atoms with Crippen LogP contribution in [0.15, 0.2) is 0 Å².